The third-order valence-electron chi connectivity index (χ3n) is 3.46. The number of benzene rings is 1. The van der Waals surface area contributed by atoms with E-state index in [9.17, 15) is 4.79 Å². The molecule has 104 valence electrons. The maximum atomic E-state index is 12.1. The number of carbonyl (C=O) groups excluding carboxylic acids is 1. The quantitative estimate of drug-likeness (QED) is 0.866. The average molecular weight is 283 g/mol. The number of hydrogen-bond donors (Lipinski definition) is 2. The molecule has 0 aliphatic carbocycles. The average Bonchev–Trinajstić information content (AvgIpc) is 2.42. The summed E-state index contributed by atoms with van der Waals surface area (Å²) in [4.78, 5) is 15.6. The molecule has 19 heavy (non-hydrogen) atoms. The van der Waals surface area contributed by atoms with Gasteiger partial charge in [-0.1, -0.05) is 18.5 Å². The Morgan fingerprint density at radius 3 is 2.53 bits per heavy atom. The van der Waals surface area contributed by atoms with Crippen molar-refractivity contribution in [3.8, 4) is 0 Å². The summed E-state index contributed by atoms with van der Waals surface area (Å²) < 4.78 is 0. The lowest BCUT2D eigenvalue weighted by Gasteiger charge is -2.32. The van der Waals surface area contributed by atoms with Gasteiger partial charge in [0, 0.05) is 10.7 Å². The highest BCUT2D eigenvalue weighted by Crippen LogP contribution is 2.13. The molecule has 0 aromatic heterocycles. The zero-order valence-corrected chi connectivity index (χ0v) is 12.0. The first kappa shape index (κ1) is 14.2. The Balaban J connectivity index is 1.83. The number of amides is 2. The standard InChI is InChI=1S/C14H20ClN3O/c1-2-7-17-8-10-18(11-9-17)14(19)16-13-5-3-12(15)4-6-13/h3-6H,2,7-11H2,1H3,(H,16,19)/p+1. The van der Waals surface area contributed by atoms with Crippen molar-refractivity contribution in [2.45, 2.75) is 13.3 Å². The van der Waals surface area contributed by atoms with Crippen LogP contribution in [-0.2, 0) is 0 Å². The highest BCUT2D eigenvalue weighted by molar-refractivity contribution is 6.30. The third kappa shape index (κ3) is 4.11. The molecule has 0 radical (unpaired) electrons. The van der Waals surface area contributed by atoms with Crippen LogP contribution in [0.15, 0.2) is 24.3 Å². The van der Waals surface area contributed by atoms with Gasteiger partial charge in [0.15, 0.2) is 0 Å². The Morgan fingerprint density at radius 1 is 1.32 bits per heavy atom. The molecule has 1 fully saturated rings. The number of halogens is 1. The number of nitrogens with zero attached hydrogens (tertiary/aromatic N) is 1. The van der Waals surface area contributed by atoms with Gasteiger partial charge in [0.25, 0.3) is 0 Å². The number of anilines is 1. The van der Waals surface area contributed by atoms with E-state index in [0.717, 1.165) is 31.9 Å². The number of piperazine rings is 1. The van der Waals surface area contributed by atoms with Crippen LogP contribution in [0.2, 0.25) is 5.02 Å². The van der Waals surface area contributed by atoms with E-state index < -0.39 is 0 Å². The van der Waals surface area contributed by atoms with Gasteiger partial charge in [-0.15, -0.1) is 0 Å². The van der Waals surface area contributed by atoms with Crippen molar-refractivity contribution in [3.05, 3.63) is 29.3 Å². The molecule has 5 heteroatoms. The van der Waals surface area contributed by atoms with Crippen LogP contribution in [0.1, 0.15) is 13.3 Å². The van der Waals surface area contributed by atoms with E-state index >= 15 is 0 Å². The Kier molecular flexibility index (Phi) is 5.05. The van der Waals surface area contributed by atoms with Gasteiger partial charge in [-0.3, -0.25) is 0 Å². The summed E-state index contributed by atoms with van der Waals surface area (Å²) in [5.41, 5.74) is 0.790. The number of carbonyl (C=O) groups is 1. The van der Waals surface area contributed by atoms with Crippen LogP contribution in [0.4, 0.5) is 10.5 Å². The van der Waals surface area contributed by atoms with Crippen LogP contribution in [0, 0.1) is 0 Å². The molecule has 2 amide bonds. The van der Waals surface area contributed by atoms with Crippen molar-refractivity contribution < 1.29 is 9.69 Å². The van der Waals surface area contributed by atoms with Crippen LogP contribution in [0.3, 0.4) is 0 Å². The predicted octanol–water partition coefficient (Wildman–Crippen LogP) is 1.48. The zero-order valence-electron chi connectivity index (χ0n) is 11.3. The second kappa shape index (κ2) is 6.78. The zero-order chi connectivity index (χ0) is 13.7. The van der Waals surface area contributed by atoms with Gasteiger partial charge in [0.1, 0.15) is 0 Å². The van der Waals surface area contributed by atoms with Gasteiger partial charge < -0.3 is 15.1 Å². The van der Waals surface area contributed by atoms with Crippen LogP contribution in [0.25, 0.3) is 0 Å². The van der Waals surface area contributed by atoms with Gasteiger partial charge in [0.2, 0.25) is 0 Å². The summed E-state index contributed by atoms with van der Waals surface area (Å²) in [6.07, 6.45) is 1.20. The van der Waals surface area contributed by atoms with E-state index in [1.165, 1.54) is 13.0 Å². The monoisotopic (exact) mass is 282 g/mol. The van der Waals surface area contributed by atoms with E-state index in [2.05, 4.69) is 12.2 Å². The first-order valence-corrected chi connectivity index (χ1v) is 7.22. The molecule has 1 aromatic rings. The van der Waals surface area contributed by atoms with Crippen molar-refractivity contribution >= 4 is 23.3 Å². The van der Waals surface area contributed by atoms with Crippen LogP contribution >= 0.6 is 11.6 Å². The Bertz CT molecular complexity index is 413. The summed E-state index contributed by atoms with van der Waals surface area (Å²) >= 11 is 5.82. The molecule has 0 unspecified atom stereocenters. The third-order valence-corrected chi connectivity index (χ3v) is 3.71. The van der Waals surface area contributed by atoms with E-state index in [1.807, 2.05) is 17.0 Å². The summed E-state index contributed by atoms with van der Waals surface area (Å²) in [5.74, 6) is 0. The minimum atomic E-state index is -0.0159. The second-order valence-corrected chi connectivity index (χ2v) is 5.36. The number of hydrogen-bond acceptors (Lipinski definition) is 1. The van der Waals surface area contributed by atoms with Gasteiger partial charge in [-0.2, -0.15) is 0 Å². The molecule has 0 saturated carbocycles. The van der Waals surface area contributed by atoms with Gasteiger partial charge in [-0.05, 0) is 30.7 Å². The fourth-order valence-electron chi connectivity index (χ4n) is 2.37. The van der Waals surface area contributed by atoms with E-state index in [1.54, 1.807) is 17.0 Å². The lowest BCUT2D eigenvalue weighted by molar-refractivity contribution is -0.904. The Morgan fingerprint density at radius 2 is 1.95 bits per heavy atom. The summed E-state index contributed by atoms with van der Waals surface area (Å²) in [5, 5.41) is 3.58. The lowest BCUT2D eigenvalue weighted by Crippen LogP contribution is -3.14. The summed E-state index contributed by atoms with van der Waals surface area (Å²) in [7, 11) is 0. The first-order chi connectivity index (χ1) is 9.19. The highest BCUT2D eigenvalue weighted by Gasteiger charge is 2.22. The van der Waals surface area contributed by atoms with Crippen molar-refractivity contribution in [1.82, 2.24) is 4.90 Å². The maximum Gasteiger partial charge on any atom is 0.322 e. The minimum absolute atomic E-state index is 0.0159. The molecule has 1 heterocycles. The van der Waals surface area contributed by atoms with E-state index in [-0.39, 0.29) is 6.03 Å². The van der Waals surface area contributed by atoms with Crippen molar-refractivity contribution in [3.63, 3.8) is 0 Å². The largest absolute Gasteiger partial charge is 0.332 e. The SMILES string of the molecule is CCC[NH+]1CCN(C(=O)Nc2ccc(Cl)cc2)CC1. The molecule has 4 nitrogen and oxygen atoms in total. The molecule has 1 aliphatic rings. The summed E-state index contributed by atoms with van der Waals surface area (Å²) in [6, 6.07) is 7.18. The fraction of sp³-hybridized carbons (Fsp3) is 0.500. The molecular formula is C14H21ClN3O+. The Labute approximate surface area is 119 Å². The van der Waals surface area contributed by atoms with Crippen LogP contribution in [-0.4, -0.2) is 43.7 Å². The lowest BCUT2D eigenvalue weighted by atomic mass is 10.3. The number of nitrogens with one attached hydrogen (secondary N) is 2. The molecule has 0 atom stereocenters. The number of quaternary nitrogens is 1. The molecule has 0 spiro atoms. The molecule has 1 aliphatic heterocycles. The minimum Gasteiger partial charge on any atom is -0.332 e. The van der Waals surface area contributed by atoms with E-state index in [4.69, 9.17) is 11.6 Å². The molecule has 1 saturated heterocycles. The molecular weight excluding hydrogens is 262 g/mol. The van der Waals surface area contributed by atoms with Crippen LogP contribution in [0.5, 0.6) is 0 Å². The number of rotatable bonds is 3. The van der Waals surface area contributed by atoms with Crippen molar-refractivity contribution in [2.75, 3.05) is 38.0 Å². The van der Waals surface area contributed by atoms with Gasteiger partial charge in [0.05, 0.1) is 32.7 Å². The van der Waals surface area contributed by atoms with Crippen molar-refractivity contribution in [1.29, 1.82) is 0 Å². The second-order valence-electron chi connectivity index (χ2n) is 4.92. The molecule has 2 rings (SSSR count). The van der Waals surface area contributed by atoms with Crippen molar-refractivity contribution in [2.24, 2.45) is 0 Å². The summed E-state index contributed by atoms with van der Waals surface area (Å²) in [6.45, 7) is 7.15. The molecule has 2 N–H and O–H groups in total. The smallest absolute Gasteiger partial charge is 0.322 e. The fourth-order valence-corrected chi connectivity index (χ4v) is 2.49. The number of urea groups is 1. The van der Waals surface area contributed by atoms with Gasteiger partial charge in [-0.25, -0.2) is 4.79 Å². The van der Waals surface area contributed by atoms with Gasteiger partial charge >= 0.3 is 6.03 Å². The van der Waals surface area contributed by atoms with Crippen LogP contribution < -0.4 is 10.2 Å². The normalized spacial score (nSPS) is 16.4. The molecule has 0 bridgehead atoms. The molecule has 1 aromatic carbocycles. The Hall–Kier alpha value is -1.26. The van der Waals surface area contributed by atoms with E-state index in [0.29, 0.717) is 5.02 Å². The maximum absolute atomic E-state index is 12.1. The highest BCUT2D eigenvalue weighted by atomic mass is 35.5. The first-order valence-electron chi connectivity index (χ1n) is 6.84. The predicted molar refractivity (Wildman–Crippen MR) is 77.9 cm³/mol. The topological polar surface area (TPSA) is 36.8 Å².